The van der Waals surface area contributed by atoms with E-state index in [1.54, 1.807) is 12.1 Å². The molecule has 58 heavy (non-hydrogen) atoms. The molecule has 7 heteroatoms. The zero-order chi connectivity index (χ0) is 38.6. The van der Waals surface area contributed by atoms with Crippen LogP contribution in [0.1, 0.15) is 16.7 Å². The van der Waals surface area contributed by atoms with Crippen LogP contribution in [0.5, 0.6) is 0 Å². The van der Waals surface area contributed by atoms with Crippen molar-refractivity contribution in [2.75, 3.05) is 0 Å². The second-order valence-electron chi connectivity index (χ2n) is 14.5. The number of aromatic nitrogens is 2. The molecular formula is C51H25N5O2. The van der Waals surface area contributed by atoms with Crippen LogP contribution in [0, 0.1) is 34.0 Å². The second kappa shape index (κ2) is 11.7. The molecule has 266 valence electrons. The van der Waals surface area contributed by atoms with E-state index < -0.39 is 0 Å². The lowest BCUT2D eigenvalue weighted by Gasteiger charge is -2.20. The highest BCUT2D eigenvalue weighted by Crippen LogP contribution is 2.46. The van der Waals surface area contributed by atoms with E-state index in [-0.39, 0.29) is 11.1 Å². The molecule has 0 aliphatic heterocycles. The average Bonchev–Trinajstić information content (AvgIpc) is 4.03. The molecule has 8 aromatic carbocycles. The number of para-hydroxylation sites is 4. The Kier molecular flexibility index (Phi) is 6.41. The van der Waals surface area contributed by atoms with Crippen molar-refractivity contribution in [1.82, 2.24) is 9.13 Å². The number of benzene rings is 8. The van der Waals surface area contributed by atoms with E-state index in [2.05, 4.69) is 81.9 Å². The number of hydrogen-bond donors (Lipinski definition) is 0. The van der Waals surface area contributed by atoms with E-state index in [4.69, 9.17) is 8.83 Å². The molecule has 0 spiro atoms. The van der Waals surface area contributed by atoms with Gasteiger partial charge in [0.25, 0.3) is 0 Å². The van der Waals surface area contributed by atoms with Crippen molar-refractivity contribution in [3.05, 3.63) is 168 Å². The normalized spacial score (nSPS) is 11.7. The molecule has 0 radical (unpaired) electrons. The Morgan fingerprint density at radius 1 is 0.414 bits per heavy atom. The largest absolute Gasteiger partial charge is 0.454 e. The predicted octanol–water partition coefficient (Wildman–Crippen LogP) is 13.0. The number of fused-ring (bicyclic) bond motifs is 14. The van der Waals surface area contributed by atoms with Crippen LogP contribution in [0.25, 0.3) is 110 Å². The highest BCUT2D eigenvalue weighted by atomic mass is 16.3. The minimum atomic E-state index is 0.230. The zero-order valence-electron chi connectivity index (χ0n) is 30.5. The molecule has 0 saturated heterocycles. The molecular weight excluding hydrogens is 715 g/mol. The van der Waals surface area contributed by atoms with Crippen LogP contribution in [0.15, 0.2) is 160 Å². The molecule has 0 saturated carbocycles. The number of nitrogens with zero attached hydrogens (tertiary/aromatic N) is 5. The van der Waals surface area contributed by atoms with Gasteiger partial charge in [-0.1, -0.05) is 97.1 Å². The smallest absolute Gasteiger partial charge is 0.160 e. The monoisotopic (exact) mass is 739 g/mol. The van der Waals surface area contributed by atoms with Gasteiger partial charge in [-0.15, -0.1) is 0 Å². The summed E-state index contributed by atoms with van der Waals surface area (Å²) >= 11 is 0. The third-order valence-electron chi connectivity index (χ3n) is 11.7. The van der Waals surface area contributed by atoms with Gasteiger partial charge in [-0.05, 0) is 54.6 Å². The fourth-order valence-corrected chi connectivity index (χ4v) is 9.21. The SMILES string of the molecule is N#Cc1ccc(-c2ccc(C#N)c(C#N)c2-n2c3ccccc3c3ccc4c5ccccc5oc4c32)c(-n2c3ccccc3c3ccc4c5ccccc5oc4c32)c1. The molecule has 4 aromatic heterocycles. The highest BCUT2D eigenvalue weighted by molar-refractivity contribution is 6.23. The lowest BCUT2D eigenvalue weighted by atomic mass is 9.94. The average molecular weight is 740 g/mol. The molecule has 0 aliphatic carbocycles. The highest BCUT2D eigenvalue weighted by Gasteiger charge is 2.27. The Bertz CT molecular complexity index is 3910. The van der Waals surface area contributed by atoms with Gasteiger partial charge in [-0.2, -0.15) is 15.8 Å². The molecule has 0 unspecified atom stereocenters. The van der Waals surface area contributed by atoms with E-state index >= 15 is 0 Å². The third-order valence-corrected chi connectivity index (χ3v) is 11.7. The first-order valence-corrected chi connectivity index (χ1v) is 18.9. The van der Waals surface area contributed by atoms with Gasteiger partial charge in [0.05, 0.1) is 56.2 Å². The first kappa shape index (κ1) is 31.7. The van der Waals surface area contributed by atoms with E-state index in [9.17, 15) is 15.8 Å². The minimum absolute atomic E-state index is 0.230. The van der Waals surface area contributed by atoms with Gasteiger partial charge in [0.2, 0.25) is 0 Å². The van der Waals surface area contributed by atoms with Crippen molar-refractivity contribution < 1.29 is 8.83 Å². The summed E-state index contributed by atoms with van der Waals surface area (Å²) in [7, 11) is 0. The van der Waals surface area contributed by atoms with Crippen LogP contribution in [-0.2, 0) is 0 Å². The first-order valence-electron chi connectivity index (χ1n) is 18.9. The van der Waals surface area contributed by atoms with Gasteiger partial charge in [0.1, 0.15) is 23.3 Å². The molecule has 7 nitrogen and oxygen atoms in total. The molecule has 0 fully saturated rings. The van der Waals surface area contributed by atoms with Gasteiger partial charge in [0.15, 0.2) is 11.2 Å². The quantitative estimate of drug-likeness (QED) is 0.179. The third kappa shape index (κ3) is 4.13. The van der Waals surface area contributed by atoms with Crippen LogP contribution in [0.2, 0.25) is 0 Å². The molecule has 0 bridgehead atoms. The van der Waals surface area contributed by atoms with Crippen molar-refractivity contribution in [1.29, 1.82) is 15.8 Å². The molecule has 12 aromatic rings. The van der Waals surface area contributed by atoms with Crippen molar-refractivity contribution in [2.45, 2.75) is 0 Å². The molecule has 0 aliphatic rings. The van der Waals surface area contributed by atoms with Gasteiger partial charge >= 0.3 is 0 Å². The van der Waals surface area contributed by atoms with Crippen molar-refractivity contribution in [2.24, 2.45) is 0 Å². The molecule has 12 rings (SSSR count). The lowest BCUT2D eigenvalue weighted by molar-refractivity contribution is 0.670. The Hall–Kier alpha value is -8.57. The van der Waals surface area contributed by atoms with Crippen LogP contribution in [-0.4, -0.2) is 9.13 Å². The van der Waals surface area contributed by atoms with Crippen molar-refractivity contribution in [3.63, 3.8) is 0 Å². The summed E-state index contributed by atoms with van der Waals surface area (Å²) in [4.78, 5) is 0. The number of nitriles is 3. The Labute approximate surface area is 329 Å². The zero-order valence-corrected chi connectivity index (χ0v) is 30.5. The summed E-state index contributed by atoms with van der Waals surface area (Å²) in [5.41, 5.74) is 10.1. The van der Waals surface area contributed by atoms with Crippen LogP contribution >= 0.6 is 0 Å². The Balaban J connectivity index is 1.27. The maximum atomic E-state index is 11.1. The van der Waals surface area contributed by atoms with E-state index in [0.29, 0.717) is 22.4 Å². The predicted molar refractivity (Wildman–Crippen MR) is 229 cm³/mol. The van der Waals surface area contributed by atoms with E-state index in [1.807, 2.05) is 84.9 Å². The molecule has 4 heterocycles. The summed E-state index contributed by atoms with van der Waals surface area (Å²) in [5, 5.41) is 39.9. The van der Waals surface area contributed by atoms with Crippen LogP contribution < -0.4 is 0 Å². The van der Waals surface area contributed by atoms with Crippen molar-refractivity contribution in [3.8, 4) is 40.7 Å². The van der Waals surface area contributed by atoms with Crippen LogP contribution in [0.3, 0.4) is 0 Å². The fourth-order valence-electron chi connectivity index (χ4n) is 9.21. The maximum absolute atomic E-state index is 11.1. The first-order chi connectivity index (χ1) is 28.7. The van der Waals surface area contributed by atoms with Crippen molar-refractivity contribution >= 4 is 87.5 Å². The number of rotatable bonds is 3. The summed E-state index contributed by atoms with van der Waals surface area (Å²) in [6.07, 6.45) is 0. The number of furan rings is 2. The molecule has 0 atom stereocenters. The van der Waals surface area contributed by atoms with Gasteiger partial charge < -0.3 is 18.0 Å². The molecule has 0 amide bonds. The summed E-state index contributed by atoms with van der Waals surface area (Å²) < 4.78 is 17.7. The standard InChI is InChI=1S/C51H25N5O2/c52-26-29-17-19-33(44(25-29)55-42-13-5-1-9-31(42)37-21-23-39-34-11-3-7-15-45(34)57-50(39)48(37)55)36-20-18-30(27-53)41(28-54)47(36)56-43-14-6-2-10-32(43)38-22-24-40-35-12-4-8-16-46(35)58-51(40)49(38)56/h1-25H. The summed E-state index contributed by atoms with van der Waals surface area (Å²) in [5.74, 6) is 0. The van der Waals surface area contributed by atoms with E-state index in [0.717, 1.165) is 93.2 Å². The van der Waals surface area contributed by atoms with E-state index in [1.165, 1.54) is 0 Å². The Morgan fingerprint density at radius 3 is 1.52 bits per heavy atom. The minimum Gasteiger partial charge on any atom is -0.454 e. The molecule has 0 N–H and O–H groups in total. The topological polar surface area (TPSA) is 108 Å². The van der Waals surface area contributed by atoms with Gasteiger partial charge in [-0.25, -0.2) is 0 Å². The summed E-state index contributed by atoms with van der Waals surface area (Å²) in [6, 6.07) is 57.2. The lowest BCUT2D eigenvalue weighted by Crippen LogP contribution is -2.05. The second-order valence-corrected chi connectivity index (χ2v) is 14.5. The maximum Gasteiger partial charge on any atom is 0.160 e. The number of hydrogen-bond acceptors (Lipinski definition) is 5. The van der Waals surface area contributed by atoms with Gasteiger partial charge in [-0.3, -0.25) is 0 Å². The fraction of sp³-hybridized carbons (Fsp3) is 0. The summed E-state index contributed by atoms with van der Waals surface area (Å²) in [6.45, 7) is 0. The van der Waals surface area contributed by atoms with Crippen LogP contribution in [0.4, 0.5) is 0 Å². The Morgan fingerprint density at radius 2 is 0.931 bits per heavy atom. The van der Waals surface area contributed by atoms with Gasteiger partial charge in [0, 0.05) is 54.2 Å².